The zero-order valence-electron chi connectivity index (χ0n) is 7.42. The van der Waals surface area contributed by atoms with Crippen molar-refractivity contribution in [3.05, 3.63) is 12.3 Å². The number of rotatable bonds is 6. The van der Waals surface area contributed by atoms with Gasteiger partial charge in [-0.05, 0) is 13.3 Å². The minimum Gasteiger partial charge on any atom is -0.473 e. The van der Waals surface area contributed by atoms with Crippen molar-refractivity contribution in [2.45, 2.75) is 45.8 Å². The highest BCUT2D eigenvalue weighted by Crippen LogP contribution is 2.04. The molecule has 0 aliphatic heterocycles. The molecule has 0 aromatic heterocycles. The monoisotopic (exact) mass is 158 g/mol. The van der Waals surface area contributed by atoms with Crippen LogP contribution in [0.5, 0.6) is 0 Å². The maximum atomic E-state index is 9.13. The Morgan fingerprint density at radius 1 is 1.45 bits per heavy atom. The van der Waals surface area contributed by atoms with Gasteiger partial charge in [0.2, 0.25) is 0 Å². The summed E-state index contributed by atoms with van der Waals surface area (Å²) in [7, 11) is 0. The van der Waals surface area contributed by atoms with E-state index in [0.29, 0.717) is 0 Å². The lowest BCUT2D eigenvalue weighted by Crippen LogP contribution is -2.07. The van der Waals surface area contributed by atoms with Crippen LogP contribution in [0.2, 0.25) is 0 Å². The Bertz CT molecular complexity index is 99.7. The second-order valence-corrected chi connectivity index (χ2v) is 2.56. The highest BCUT2D eigenvalue weighted by molar-refractivity contribution is 4.65. The molecule has 2 nitrogen and oxygen atoms in total. The first kappa shape index (κ1) is 10.5. The molecule has 0 saturated carbocycles. The van der Waals surface area contributed by atoms with E-state index < -0.39 is 6.29 Å². The maximum absolute atomic E-state index is 9.13. The van der Waals surface area contributed by atoms with Crippen molar-refractivity contribution in [3.63, 3.8) is 0 Å². The van der Waals surface area contributed by atoms with Crippen molar-refractivity contribution < 1.29 is 9.84 Å². The van der Waals surface area contributed by atoms with Gasteiger partial charge in [-0.3, -0.25) is 0 Å². The minimum atomic E-state index is -0.613. The third-order valence-corrected chi connectivity index (χ3v) is 1.43. The fourth-order valence-electron chi connectivity index (χ4n) is 0.806. The molecule has 0 spiro atoms. The average Bonchev–Trinajstić information content (AvgIpc) is 2.01. The Labute approximate surface area is 68.9 Å². The summed E-state index contributed by atoms with van der Waals surface area (Å²) >= 11 is 0. The topological polar surface area (TPSA) is 29.5 Å². The normalized spacial score (nSPS) is 13.7. The van der Waals surface area contributed by atoms with Crippen LogP contribution in [-0.4, -0.2) is 11.4 Å². The lowest BCUT2D eigenvalue weighted by atomic mass is 10.2. The third-order valence-electron chi connectivity index (χ3n) is 1.43. The standard InChI is InChI=1S/C9H18O2/c1-3-5-6-7-9(10)11-8-4-2/h4,8-10H,3,5-7H2,1-2H3. The van der Waals surface area contributed by atoms with Crippen LogP contribution >= 0.6 is 0 Å². The maximum Gasteiger partial charge on any atom is 0.196 e. The largest absolute Gasteiger partial charge is 0.473 e. The molecule has 0 amide bonds. The van der Waals surface area contributed by atoms with Crippen LogP contribution in [0.1, 0.15) is 39.5 Å². The Balaban J connectivity index is 3.15. The Kier molecular flexibility index (Phi) is 7.26. The van der Waals surface area contributed by atoms with E-state index in [1.54, 1.807) is 6.08 Å². The van der Waals surface area contributed by atoms with Crippen molar-refractivity contribution in [1.82, 2.24) is 0 Å². The summed E-state index contributed by atoms with van der Waals surface area (Å²) in [5.41, 5.74) is 0. The van der Waals surface area contributed by atoms with Gasteiger partial charge in [-0.1, -0.05) is 25.8 Å². The van der Waals surface area contributed by atoms with Crippen LogP contribution < -0.4 is 0 Å². The molecule has 1 N–H and O–H groups in total. The smallest absolute Gasteiger partial charge is 0.196 e. The summed E-state index contributed by atoms with van der Waals surface area (Å²) in [6.07, 6.45) is 6.79. The summed E-state index contributed by atoms with van der Waals surface area (Å²) in [4.78, 5) is 0. The van der Waals surface area contributed by atoms with Crippen LogP contribution in [0.4, 0.5) is 0 Å². The van der Waals surface area contributed by atoms with E-state index in [9.17, 15) is 0 Å². The molecule has 0 rings (SSSR count). The van der Waals surface area contributed by atoms with Gasteiger partial charge in [-0.2, -0.15) is 0 Å². The first-order chi connectivity index (χ1) is 5.31. The van der Waals surface area contributed by atoms with Crippen molar-refractivity contribution >= 4 is 0 Å². The highest BCUT2D eigenvalue weighted by Gasteiger charge is 1.99. The SMILES string of the molecule is CC=COC(O)CCCCC. The second-order valence-electron chi connectivity index (χ2n) is 2.56. The molecule has 0 aliphatic carbocycles. The van der Waals surface area contributed by atoms with E-state index in [2.05, 4.69) is 6.92 Å². The zero-order valence-corrected chi connectivity index (χ0v) is 7.42. The van der Waals surface area contributed by atoms with Gasteiger partial charge in [0, 0.05) is 6.42 Å². The minimum absolute atomic E-state index is 0.613. The van der Waals surface area contributed by atoms with Crippen LogP contribution in [0.15, 0.2) is 12.3 Å². The summed E-state index contributed by atoms with van der Waals surface area (Å²) in [6.45, 7) is 4.00. The zero-order chi connectivity index (χ0) is 8.53. The molecule has 0 bridgehead atoms. The number of hydrogen-bond donors (Lipinski definition) is 1. The van der Waals surface area contributed by atoms with Crippen molar-refractivity contribution in [3.8, 4) is 0 Å². The molecular formula is C9H18O2. The number of ether oxygens (including phenoxy) is 1. The van der Waals surface area contributed by atoms with Crippen LogP contribution in [0.25, 0.3) is 0 Å². The van der Waals surface area contributed by atoms with Crippen molar-refractivity contribution in [2.75, 3.05) is 0 Å². The lowest BCUT2D eigenvalue weighted by Gasteiger charge is -2.08. The second kappa shape index (κ2) is 7.61. The molecule has 2 heteroatoms. The van der Waals surface area contributed by atoms with Gasteiger partial charge < -0.3 is 9.84 Å². The highest BCUT2D eigenvalue weighted by atomic mass is 16.6. The van der Waals surface area contributed by atoms with Crippen LogP contribution in [0.3, 0.4) is 0 Å². The van der Waals surface area contributed by atoms with E-state index in [0.717, 1.165) is 19.3 Å². The van der Waals surface area contributed by atoms with Gasteiger partial charge in [0.1, 0.15) is 0 Å². The van der Waals surface area contributed by atoms with Gasteiger partial charge in [-0.25, -0.2) is 0 Å². The first-order valence-electron chi connectivity index (χ1n) is 4.26. The molecule has 0 saturated heterocycles. The van der Waals surface area contributed by atoms with Gasteiger partial charge >= 0.3 is 0 Å². The van der Waals surface area contributed by atoms with Crippen molar-refractivity contribution in [1.29, 1.82) is 0 Å². The van der Waals surface area contributed by atoms with Crippen LogP contribution in [-0.2, 0) is 4.74 Å². The van der Waals surface area contributed by atoms with E-state index in [1.807, 2.05) is 6.92 Å². The predicted octanol–water partition coefficient (Wildman–Crippen LogP) is 2.44. The number of hydrogen-bond acceptors (Lipinski definition) is 2. The molecule has 0 aromatic carbocycles. The van der Waals surface area contributed by atoms with Gasteiger partial charge in [0.05, 0.1) is 6.26 Å². The molecular weight excluding hydrogens is 140 g/mol. The molecule has 0 fully saturated rings. The van der Waals surface area contributed by atoms with Crippen LogP contribution in [0, 0.1) is 0 Å². The summed E-state index contributed by atoms with van der Waals surface area (Å²) in [6, 6.07) is 0. The summed E-state index contributed by atoms with van der Waals surface area (Å²) in [5.74, 6) is 0. The Hall–Kier alpha value is -0.500. The van der Waals surface area contributed by atoms with Gasteiger partial charge in [0.15, 0.2) is 6.29 Å². The molecule has 0 aromatic rings. The molecule has 66 valence electrons. The lowest BCUT2D eigenvalue weighted by molar-refractivity contribution is -0.0574. The fraction of sp³-hybridized carbons (Fsp3) is 0.778. The number of unbranched alkanes of at least 4 members (excludes halogenated alkanes) is 2. The van der Waals surface area contributed by atoms with Crippen molar-refractivity contribution in [2.24, 2.45) is 0 Å². The van der Waals surface area contributed by atoms with E-state index in [1.165, 1.54) is 12.7 Å². The van der Waals surface area contributed by atoms with Gasteiger partial charge in [-0.15, -0.1) is 0 Å². The summed E-state index contributed by atoms with van der Waals surface area (Å²) < 4.78 is 4.91. The number of allylic oxidation sites excluding steroid dienone is 1. The predicted molar refractivity (Wildman–Crippen MR) is 46.0 cm³/mol. The molecule has 0 aliphatic rings. The molecule has 1 unspecified atom stereocenters. The fourth-order valence-corrected chi connectivity index (χ4v) is 0.806. The molecule has 0 radical (unpaired) electrons. The van der Waals surface area contributed by atoms with E-state index in [4.69, 9.17) is 9.84 Å². The molecule has 0 heterocycles. The summed E-state index contributed by atoms with van der Waals surface area (Å²) in [5, 5.41) is 9.13. The van der Waals surface area contributed by atoms with E-state index in [-0.39, 0.29) is 0 Å². The molecule has 11 heavy (non-hydrogen) atoms. The first-order valence-corrected chi connectivity index (χ1v) is 4.26. The Morgan fingerprint density at radius 2 is 2.18 bits per heavy atom. The number of aliphatic hydroxyl groups excluding tert-OH is 1. The number of aliphatic hydroxyl groups is 1. The Morgan fingerprint density at radius 3 is 2.73 bits per heavy atom. The average molecular weight is 158 g/mol. The van der Waals surface area contributed by atoms with Gasteiger partial charge in [0.25, 0.3) is 0 Å². The quantitative estimate of drug-likeness (QED) is 0.365. The van der Waals surface area contributed by atoms with E-state index >= 15 is 0 Å². The molecule has 1 atom stereocenters. The third kappa shape index (κ3) is 7.40.